The number of ether oxygens (including phenoxy) is 1. The highest BCUT2D eigenvalue weighted by molar-refractivity contribution is 5.92. The summed E-state index contributed by atoms with van der Waals surface area (Å²) in [5.41, 5.74) is 12.0. The monoisotopic (exact) mass is 402 g/mol. The number of aryl methyl sites for hydroxylation is 1. The van der Waals surface area contributed by atoms with E-state index >= 15 is 0 Å². The Morgan fingerprint density at radius 1 is 0.900 bits per heavy atom. The Labute approximate surface area is 177 Å². The molecular weight excluding hydrogens is 376 g/mol. The molecule has 0 saturated carbocycles. The van der Waals surface area contributed by atoms with Crippen LogP contribution in [0.25, 0.3) is 11.1 Å². The van der Waals surface area contributed by atoms with Crippen molar-refractivity contribution in [1.29, 1.82) is 0 Å². The van der Waals surface area contributed by atoms with Crippen molar-refractivity contribution in [2.24, 2.45) is 0 Å². The number of amides is 2. The zero-order valence-corrected chi connectivity index (χ0v) is 17.4. The lowest BCUT2D eigenvalue weighted by atomic mass is 10.0. The maximum atomic E-state index is 12.4. The number of anilines is 1. The number of hydrazine groups is 3. The number of nitrogens with zero attached hydrogens (tertiary/aromatic N) is 2. The third-order valence-electron chi connectivity index (χ3n) is 5.40. The second kappa shape index (κ2) is 8.67. The predicted octanol–water partition coefficient (Wildman–Crippen LogP) is 4.74. The van der Waals surface area contributed by atoms with Crippen LogP contribution in [0.15, 0.2) is 72.8 Å². The highest BCUT2D eigenvalue weighted by Gasteiger charge is 2.28. The van der Waals surface area contributed by atoms with E-state index < -0.39 is 0 Å². The first-order valence-electron chi connectivity index (χ1n) is 9.99. The molecule has 1 saturated heterocycles. The molecule has 0 aromatic heterocycles. The molecule has 0 spiro atoms. The van der Waals surface area contributed by atoms with Crippen LogP contribution in [0.1, 0.15) is 29.7 Å². The van der Waals surface area contributed by atoms with E-state index in [0.717, 1.165) is 22.4 Å². The maximum absolute atomic E-state index is 12.4. The van der Waals surface area contributed by atoms with Gasteiger partial charge >= 0.3 is 6.03 Å². The number of hydrogen-bond donors (Lipinski definition) is 2. The van der Waals surface area contributed by atoms with Crippen molar-refractivity contribution >= 4 is 11.7 Å². The molecule has 154 valence electrons. The fraction of sp³-hybridized carbons (Fsp3) is 0.208. The van der Waals surface area contributed by atoms with Crippen LogP contribution in [-0.4, -0.2) is 18.1 Å². The number of urea groups is 1. The lowest BCUT2D eigenvalue weighted by Gasteiger charge is -2.21. The topological polar surface area (TPSA) is 56.8 Å². The molecule has 3 aromatic rings. The molecule has 0 bridgehead atoms. The molecule has 2 N–H and O–H groups in total. The van der Waals surface area contributed by atoms with Crippen molar-refractivity contribution in [3.63, 3.8) is 0 Å². The minimum absolute atomic E-state index is 0.0784. The highest BCUT2D eigenvalue weighted by Crippen LogP contribution is 2.28. The summed E-state index contributed by atoms with van der Waals surface area (Å²) in [6, 6.07) is 24.5. The summed E-state index contributed by atoms with van der Waals surface area (Å²) >= 11 is 0. The molecule has 1 unspecified atom stereocenters. The number of carbonyl (C=O) groups is 1. The van der Waals surface area contributed by atoms with Crippen LogP contribution in [0, 0.1) is 6.92 Å². The van der Waals surface area contributed by atoms with E-state index in [1.807, 2.05) is 50.2 Å². The number of carbonyl (C=O) groups excluding carboxylic acids is 1. The minimum atomic E-state index is -0.175. The summed E-state index contributed by atoms with van der Waals surface area (Å²) < 4.78 is 6.20. The van der Waals surface area contributed by atoms with Gasteiger partial charge in [0.1, 0.15) is 0 Å². The number of benzene rings is 3. The Bertz CT molecular complexity index is 1020. The molecule has 3 aromatic carbocycles. The third-order valence-corrected chi connectivity index (χ3v) is 5.40. The lowest BCUT2D eigenvalue weighted by molar-refractivity contribution is 0.0525. The molecule has 6 nitrogen and oxygen atoms in total. The van der Waals surface area contributed by atoms with Crippen molar-refractivity contribution in [2.75, 3.05) is 12.1 Å². The van der Waals surface area contributed by atoms with Gasteiger partial charge in [0, 0.05) is 12.6 Å². The van der Waals surface area contributed by atoms with E-state index in [1.54, 1.807) is 7.05 Å². The molecule has 0 aliphatic carbocycles. The average molecular weight is 402 g/mol. The van der Waals surface area contributed by atoms with Crippen molar-refractivity contribution in [1.82, 2.24) is 16.1 Å². The van der Waals surface area contributed by atoms with Gasteiger partial charge in [-0.15, -0.1) is 11.1 Å². The quantitative estimate of drug-likeness (QED) is 0.626. The zero-order valence-electron chi connectivity index (χ0n) is 17.4. The van der Waals surface area contributed by atoms with Gasteiger partial charge in [0.25, 0.3) is 0 Å². The van der Waals surface area contributed by atoms with Gasteiger partial charge in [0.15, 0.2) is 0 Å². The first kappa shape index (κ1) is 20.1. The fourth-order valence-corrected chi connectivity index (χ4v) is 3.50. The second-order valence-corrected chi connectivity index (χ2v) is 7.41. The van der Waals surface area contributed by atoms with Crippen molar-refractivity contribution in [3.05, 3.63) is 89.5 Å². The normalized spacial score (nSPS) is 15.0. The Hall–Kier alpha value is -3.19. The van der Waals surface area contributed by atoms with Crippen molar-refractivity contribution in [3.8, 4) is 11.1 Å². The molecule has 1 atom stereocenters. The molecule has 4 rings (SSSR count). The summed E-state index contributed by atoms with van der Waals surface area (Å²) in [7, 11) is 1.67. The van der Waals surface area contributed by atoms with Crippen LogP contribution in [0.3, 0.4) is 0 Å². The second-order valence-electron chi connectivity index (χ2n) is 7.41. The molecule has 0 radical (unpaired) electrons. The standard InChI is InChI=1S/C24H26N4O2/c1-17-8-7-11-23(28-24(29)27(3)25-26-28)22(17)16-30-18(2)19-12-14-21(15-13-19)20-9-5-4-6-10-20/h4-15,18,25-26H,16H2,1-3H3. The summed E-state index contributed by atoms with van der Waals surface area (Å²) in [5, 5.41) is 2.88. The van der Waals surface area contributed by atoms with Crippen molar-refractivity contribution in [2.45, 2.75) is 26.6 Å². The van der Waals surface area contributed by atoms with Gasteiger partial charge < -0.3 is 4.74 Å². The van der Waals surface area contributed by atoms with E-state index in [2.05, 4.69) is 47.5 Å². The van der Waals surface area contributed by atoms with Crippen LogP contribution < -0.4 is 16.1 Å². The Balaban J connectivity index is 1.48. The van der Waals surface area contributed by atoms with E-state index in [0.29, 0.717) is 6.61 Å². The van der Waals surface area contributed by atoms with E-state index in [4.69, 9.17) is 4.74 Å². The number of hydrogen-bond acceptors (Lipinski definition) is 4. The van der Waals surface area contributed by atoms with Gasteiger partial charge in [-0.25, -0.2) is 14.8 Å². The van der Waals surface area contributed by atoms with Crippen LogP contribution in [-0.2, 0) is 11.3 Å². The first-order valence-corrected chi connectivity index (χ1v) is 9.99. The molecule has 1 fully saturated rings. The van der Waals surface area contributed by atoms with Crippen LogP contribution >= 0.6 is 0 Å². The molecule has 1 aliphatic rings. The Kier molecular flexibility index (Phi) is 5.81. The Morgan fingerprint density at radius 3 is 2.27 bits per heavy atom. The summed E-state index contributed by atoms with van der Waals surface area (Å²) in [6.07, 6.45) is -0.0784. The van der Waals surface area contributed by atoms with Gasteiger partial charge in [-0.05, 0) is 42.2 Å². The van der Waals surface area contributed by atoms with Gasteiger partial charge in [-0.2, -0.15) is 0 Å². The minimum Gasteiger partial charge on any atom is -0.369 e. The summed E-state index contributed by atoms with van der Waals surface area (Å²) in [4.78, 5) is 12.4. The highest BCUT2D eigenvalue weighted by atomic mass is 16.5. The average Bonchev–Trinajstić information content (AvgIpc) is 3.11. The molecule has 2 amide bonds. The summed E-state index contributed by atoms with van der Waals surface area (Å²) in [5.74, 6) is 0. The maximum Gasteiger partial charge on any atom is 0.355 e. The Morgan fingerprint density at radius 2 is 1.60 bits per heavy atom. The zero-order chi connectivity index (χ0) is 21.1. The number of rotatable bonds is 6. The predicted molar refractivity (Wildman–Crippen MR) is 118 cm³/mol. The summed E-state index contributed by atoms with van der Waals surface area (Å²) in [6.45, 7) is 4.47. The van der Waals surface area contributed by atoms with Crippen LogP contribution in [0.2, 0.25) is 0 Å². The number of nitrogens with one attached hydrogen (secondary N) is 2. The lowest BCUT2D eigenvalue weighted by Crippen LogP contribution is -2.38. The van der Waals surface area contributed by atoms with Crippen LogP contribution in [0.4, 0.5) is 10.5 Å². The van der Waals surface area contributed by atoms with Gasteiger partial charge in [0.05, 0.1) is 18.4 Å². The van der Waals surface area contributed by atoms with Crippen molar-refractivity contribution < 1.29 is 9.53 Å². The van der Waals surface area contributed by atoms with E-state index in [-0.39, 0.29) is 12.1 Å². The van der Waals surface area contributed by atoms with E-state index in [9.17, 15) is 4.79 Å². The van der Waals surface area contributed by atoms with Gasteiger partial charge in [0.2, 0.25) is 0 Å². The largest absolute Gasteiger partial charge is 0.369 e. The van der Waals surface area contributed by atoms with Crippen LogP contribution in [0.5, 0.6) is 0 Å². The van der Waals surface area contributed by atoms with Gasteiger partial charge in [-0.1, -0.05) is 66.7 Å². The third kappa shape index (κ3) is 4.07. The fourth-order valence-electron chi connectivity index (χ4n) is 3.50. The molecule has 30 heavy (non-hydrogen) atoms. The molecule has 1 aliphatic heterocycles. The molecular formula is C24H26N4O2. The first-order chi connectivity index (χ1) is 14.5. The molecule has 1 heterocycles. The SMILES string of the molecule is Cc1cccc(N2NNN(C)C2=O)c1COC(C)c1ccc(-c2ccccc2)cc1. The smallest absolute Gasteiger partial charge is 0.355 e. The van der Waals surface area contributed by atoms with Gasteiger partial charge in [-0.3, -0.25) is 0 Å². The molecule has 6 heteroatoms. The van der Waals surface area contributed by atoms with E-state index in [1.165, 1.54) is 21.1 Å².